The van der Waals surface area contributed by atoms with Crippen LogP contribution in [0, 0.1) is 5.92 Å². The summed E-state index contributed by atoms with van der Waals surface area (Å²) in [6, 6.07) is 7.46. The number of nitrogens with one attached hydrogen (secondary N) is 1. The molecule has 1 aliphatic heterocycles. The summed E-state index contributed by atoms with van der Waals surface area (Å²) in [6.07, 6.45) is 6.82. The second-order valence-electron chi connectivity index (χ2n) is 7.58. The fourth-order valence-corrected chi connectivity index (χ4v) is 5.38. The first kappa shape index (κ1) is 19.2. The van der Waals surface area contributed by atoms with E-state index in [0.29, 0.717) is 42.4 Å². The Hall–Kier alpha value is -1.60. The number of sulfonamides is 1. The summed E-state index contributed by atoms with van der Waals surface area (Å²) >= 11 is 0. The third-order valence-corrected chi connectivity index (χ3v) is 7.20. The zero-order valence-electron chi connectivity index (χ0n) is 15.5. The molecule has 7 heteroatoms. The minimum atomic E-state index is -3.40. The molecule has 1 aliphatic carbocycles. The van der Waals surface area contributed by atoms with Crippen LogP contribution in [0.1, 0.15) is 51.0 Å². The van der Waals surface area contributed by atoms with Gasteiger partial charge in [0.1, 0.15) is 0 Å². The topological polar surface area (TPSA) is 87.8 Å². The van der Waals surface area contributed by atoms with Gasteiger partial charge in [0.15, 0.2) is 5.96 Å². The van der Waals surface area contributed by atoms with Crippen molar-refractivity contribution in [1.82, 2.24) is 9.62 Å². The summed E-state index contributed by atoms with van der Waals surface area (Å²) in [4.78, 5) is 4.73. The van der Waals surface area contributed by atoms with Crippen molar-refractivity contribution in [2.24, 2.45) is 16.6 Å². The van der Waals surface area contributed by atoms with Crippen molar-refractivity contribution in [3.05, 3.63) is 29.8 Å². The Balaban J connectivity index is 1.60. The highest BCUT2D eigenvalue weighted by molar-refractivity contribution is 7.89. The van der Waals surface area contributed by atoms with Gasteiger partial charge in [-0.3, -0.25) is 0 Å². The molecule has 2 aliphatic rings. The van der Waals surface area contributed by atoms with Gasteiger partial charge in [-0.15, -0.1) is 0 Å². The summed E-state index contributed by atoms with van der Waals surface area (Å²) < 4.78 is 27.2. The minimum Gasteiger partial charge on any atom is -0.370 e. The first-order chi connectivity index (χ1) is 12.4. The van der Waals surface area contributed by atoms with Gasteiger partial charge in [-0.1, -0.05) is 31.9 Å². The lowest BCUT2D eigenvalue weighted by molar-refractivity contribution is 0.281. The molecule has 6 nitrogen and oxygen atoms in total. The summed E-state index contributed by atoms with van der Waals surface area (Å²) in [5.74, 6) is 0.887. The molecule has 3 rings (SSSR count). The monoisotopic (exact) mass is 378 g/mol. The number of rotatable bonds is 5. The lowest BCUT2D eigenvalue weighted by Crippen LogP contribution is -2.39. The molecule has 2 fully saturated rings. The average molecular weight is 379 g/mol. The molecule has 0 bridgehead atoms. The van der Waals surface area contributed by atoms with Crippen LogP contribution in [-0.2, 0) is 16.6 Å². The Morgan fingerprint density at radius 1 is 1.19 bits per heavy atom. The van der Waals surface area contributed by atoms with Crippen LogP contribution in [0.15, 0.2) is 34.2 Å². The number of hydrogen-bond acceptors (Lipinski definition) is 3. The van der Waals surface area contributed by atoms with Crippen LogP contribution in [0.5, 0.6) is 0 Å². The molecule has 0 aromatic heterocycles. The Labute approximate surface area is 156 Å². The van der Waals surface area contributed by atoms with Crippen LogP contribution < -0.4 is 11.1 Å². The molecule has 1 heterocycles. The van der Waals surface area contributed by atoms with Crippen LogP contribution in [0.2, 0.25) is 0 Å². The maximum Gasteiger partial charge on any atom is 0.243 e. The van der Waals surface area contributed by atoms with Crippen molar-refractivity contribution in [2.45, 2.75) is 62.9 Å². The number of nitrogens with zero attached hydrogens (tertiary/aromatic N) is 2. The standard InChI is InChI=1S/C19H30N4O2S/c1-15-5-4-12-23(14-15)26(24,25)18-10-8-16(9-11-18)13-21-19(20)22-17-6-2-3-7-17/h8-11,15,17H,2-7,12-14H2,1H3,(H3,20,21,22). The van der Waals surface area contributed by atoms with Gasteiger partial charge in [0.25, 0.3) is 0 Å². The Kier molecular flexibility index (Phi) is 6.19. The van der Waals surface area contributed by atoms with E-state index in [4.69, 9.17) is 5.73 Å². The quantitative estimate of drug-likeness (QED) is 0.608. The molecule has 0 spiro atoms. The maximum atomic E-state index is 12.8. The fourth-order valence-electron chi connectivity index (χ4n) is 3.78. The van der Waals surface area contributed by atoms with Gasteiger partial charge < -0.3 is 11.1 Å². The predicted molar refractivity (Wildman–Crippen MR) is 104 cm³/mol. The number of nitrogens with two attached hydrogens (primary N) is 1. The first-order valence-electron chi connectivity index (χ1n) is 9.60. The molecule has 3 N–H and O–H groups in total. The van der Waals surface area contributed by atoms with Gasteiger partial charge in [-0.25, -0.2) is 13.4 Å². The lowest BCUT2D eigenvalue weighted by atomic mass is 10.0. The van der Waals surface area contributed by atoms with Crippen molar-refractivity contribution >= 4 is 16.0 Å². The third kappa shape index (κ3) is 4.76. The largest absolute Gasteiger partial charge is 0.370 e. The summed E-state index contributed by atoms with van der Waals surface area (Å²) in [6.45, 7) is 3.78. The average Bonchev–Trinajstić information content (AvgIpc) is 3.13. The van der Waals surface area contributed by atoms with E-state index in [9.17, 15) is 8.42 Å². The SMILES string of the molecule is CC1CCCN(S(=O)(=O)c2ccc(CN=C(N)NC3CCCC3)cc2)C1. The zero-order chi connectivity index (χ0) is 18.6. The van der Waals surface area contributed by atoms with Crippen molar-refractivity contribution < 1.29 is 8.42 Å². The molecule has 144 valence electrons. The fraction of sp³-hybridized carbons (Fsp3) is 0.632. The second-order valence-corrected chi connectivity index (χ2v) is 9.52. The summed E-state index contributed by atoms with van der Waals surface area (Å²) in [7, 11) is -3.40. The highest BCUT2D eigenvalue weighted by Crippen LogP contribution is 2.23. The van der Waals surface area contributed by atoms with Gasteiger partial charge in [-0.05, 0) is 49.3 Å². The number of aliphatic imine (C=N–C) groups is 1. The van der Waals surface area contributed by atoms with Gasteiger partial charge in [0.05, 0.1) is 11.4 Å². The van der Waals surface area contributed by atoms with E-state index in [0.717, 1.165) is 31.2 Å². The number of piperidine rings is 1. The van der Waals surface area contributed by atoms with E-state index >= 15 is 0 Å². The molecule has 1 aromatic rings. The molecule has 0 amide bonds. The smallest absolute Gasteiger partial charge is 0.243 e. The van der Waals surface area contributed by atoms with E-state index in [-0.39, 0.29) is 0 Å². The van der Waals surface area contributed by atoms with Crippen molar-refractivity contribution in [3.63, 3.8) is 0 Å². The molecule has 0 radical (unpaired) electrons. The second kappa shape index (κ2) is 8.39. The van der Waals surface area contributed by atoms with Crippen molar-refractivity contribution in [1.29, 1.82) is 0 Å². The molecular weight excluding hydrogens is 348 g/mol. The molecule has 1 atom stereocenters. The first-order valence-corrected chi connectivity index (χ1v) is 11.0. The van der Waals surface area contributed by atoms with Crippen LogP contribution in [0.4, 0.5) is 0 Å². The Morgan fingerprint density at radius 2 is 1.88 bits per heavy atom. The van der Waals surface area contributed by atoms with Crippen LogP contribution in [0.25, 0.3) is 0 Å². The minimum absolute atomic E-state index is 0.358. The highest BCUT2D eigenvalue weighted by atomic mass is 32.2. The van der Waals surface area contributed by atoms with Crippen LogP contribution in [0.3, 0.4) is 0 Å². The molecule has 1 saturated heterocycles. The maximum absolute atomic E-state index is 12.8. The van der Waals surface area contributed by atoms with Gasteiger partial charge in [0.2, 0.25) is 10.0 Å². The van der Waals surface area contributed by atoms with Crippen LogP contribution in [-0.4, -0.2) is 37.8 Å². The van der Waals surface area contributed by atoms with Gasteiger partial charge in [-0.2, -0.15) is 4.31 Å². The van der Waals surface area contributed by atoms with Crippen LogP contribution >= 0.6 is 0 Å². The summed E-state index contributed by atoms with van der Waals surface area (Å²) in [5.41, 5.74) is 6.90. The van der Waals surface area contributed by atoms with E-state index in [1.165, 1.54) is 12.8 Å². The lowest BCUT2D eigenvalue weighted by Gasteiger charge is -2.30. The molecule has 26 heavy (non-hydrogen) atoms. The Morgan fingerprint density at radius 3 is 2.54 bits per heavy atom. The van der Waals surface area contributed by atoms with Crippen molar-refractivity contribution in [3.8, 4) is 0 Å². The van der Waals surface area contributed by atoms with E-state index < -0.39 is 10.0 Å². The zero-order valence-corrected chi connectivity index (χ0v) is 16.3. The number of hydrogen-bond donors (Lipinski definition) is 2. The van der Waals surface area contributed by atoms with E-state index in [2.05, 4.69) is 17.2 Å². The Bertz CT molecular complexity index is 724. The molecular formula is C19H30N4O2S. The van der Waals surface area contributed by atoms with Crippen molar-refractivity contribution in [2.75, 3.05) is 13.1 Å². The molecule has 1 aromatic carbocycles. The van der Waals surface area contributed by atoms with Gasteiger partial charge in [0, 0.05) is 19.1 Å². The third-order valence-electron chi connectivity index (χ3n) is 5.32. The predicted octanol–water partition coefficient (Wildman–Crippen LogP) is 2.45. The summed E-state index contributed by atoms with van der Waals surface area (Å²) in [5, 5.41) is 3.26. The van der Waals surface area contributed by atoms with E-state index in [1.807, 2.05) is 12.1 Å². The highest BCUT2D eigenvalue weighted by Gasteiger charge is 2.28. The number of guanidine groups is 1. The molecule has 1 unspecified atom stereocenters. The van der Waals surface area contributed by atoms with Gasteiger partial charge >= 0.3 is 0 Å². The van der Waals surface area contributed by atoms with E-state index in [1.54, 1.807) is 16.4 Å². The molecule has 1 saturated carbocycles. The number of benzene rings is 1. The normalized spacial score (nSPS) is 23.3.